The first-order valence-electron chi connectivity index (χ1n) is 12.4. The number of carbonyl (C=O) groups excluding carboxylic acids is 1. The van der Waals surface area contributed by atoms with Gasteiger partial charge in [0, 0.05) is 30.0 Å². The summed E-state index contributed by atoms with van der Waals surface area (Å²) in [4.78, 5) is 12.7. The highest BCUT2D eigenvalue weighted by Gasteiger charge is 2.24. The maximum absolute atomic E-state index is 12.7. The van der Waals surface area contributed by atoms with Gasteiger partial charge in [0.05, 0.1) is 17.3 Å². The molecule has 4 rings (SSSR count). The van der Waals surface area contributed by atoms with Gasteiger partial charge < -0.3 is 10.1 Å². The molecule has 0 saturated carbocycles. The average Bonchev–Trinajstić information content (AvgIpc) is 2.91. The smallest absolute Gasteiger partial charge is 0.261 e. The fourth-order valence-corrected chi connectivity index (χ4v) is 6.79. The Hall–Kier alpha value is -3.41. The zero-order valence-electron chi connectivity index (χ0n) is 21.1. The molecule has 1 aliphatic heterocycles. The summed E-state index contributed by atoms with van der Waals surface area (Å²) in [5.74, 6) is 0.154. The number of anilines is 2. The third-order valence-electron chi connectivity index (χ3n) is 6.11. The van der Waals surface area contributed by atoms with Gasteiger partial charge in [-0.1, -0.05) is 18.6 Å². The lowest BCUT2D eigenvalue weighted by Crippen LogP contribution is -2.36. The third-order valence-corrected chi connectivity index (χ3v) is 9.36. The van der Waals surface area contributed by atoms with Crippen LogP contribution in [0.25, 0.3) is 0 Å². The highest BCUT2D eigenvalue weighted by molar-refractivity contribution is 7.92. The lowest BCUT2D eigenvalue weighted by Gasteiger charge is -2.25. The van der Waals surface area contributed by atoms with Gasteiger partial charge >= 0.3 is 0 Å². The lowest BCUT2D eigenvalue weighted by atomic mass is 10.1. The third kappa shape index (κ3) is 7.12. The fraction of sp³-hybridized carbons (Fsp3) is 0.296. The van der Waals surface area contributed by atoms with Crippen molar-refractivity contribution in [2.75, 3.05) is 29.7 Å². The van der Waals surface area contributed by atoms with Gasteiger partial charge in [-0.05, 0) is 86.0 Å². The SMILES string of the molecule is CCOc1ccc(NS(=O)(=O)c2ccc(NC(=O)c3ccc(CS(=O)(=O)N4CCCCC4)cc3)cc2)cc1. The Morgan fingerprint density at radius 2 is 1.42 bits per heavy atom. The van der Waals surface area contributed by atoms with Crippen LogP contribution in [-0.4, -0.2) is 46.7 Å². The van der Waals surface area contributed by atoms with Crippen molar-refractivity contribution in [2.45, 2.75) is 36.8 Å². The minimum atomic E-state index is -3.82. The van der Waals surface area contributed by atoms with Crippen LogP contribution < -0.4 is 14.8 Å². The Kier molecular flexibility index (Phi) is 8.70. The van der Waals surface area contributed by atoms with Gasteiger partial charge in [0.2, 0.25) is 10.0 Å². The lowest BCUT2D eigenvalue weighted by molar-refractivity contribution is 0.102. The number of sulfonamides is 2. The van der Waals surface area contributed by atoms with Crippen LogP contribution in [0.15, 0.2) is 77.7 Å². The Bertz CT molecular complexity index is 1450. The van der Waals surface area contributed by atoms with Crippen molar-refractivity contribution in [1.82, 2.24) is 4.31 Å². The van der Waals surface area contributed by atoms with E-state index in [4.69, 9.17) is 4.74 Å². The van der Waals surface area contributed by atoms with Crippen LogP contribution in [0.3, 0.4) is 0 Å². The predicted octanol–water partition coefficient (Wildman–Crippen LogP) is 4.45. The molecule has 0 aromatic heterocycles. The summed E-state index contributed by atoms with van der Waals surface area (Å²) in [5.41, 5.74) is 1.80. The second-order valence-corrected chi connectivity index (χ2v) is 12.6. The average molecular weight is 558 g/mol. The summed E-state index contributed by atoms with van der Waals surface area (Å²) in [6.45, 7) is 3.49. The standard InChI is InChI=1S/C27H31N3O6S2/c1-2-36-25-14-10-24(11-15-25)29-38(34,35)26-16-12-23(13-17-26)28-27(31)22-8-6-21(7-9-22)20-37(32,33)30-18-4-3-5-19-30/h6-17,29H,2-5,18-20H2,1H3,(H,28,31). The number of piperidine rings is 1. The number of carbonyl (C=O) groups is 1. The van der Waals surface area contributed by atoms with Gasteiger partial charge in [0.1, 0.15) is 5.75 Å². The molecule has 0 radical (unpaired) electrons. The van der Waals surface area contributed by atoms with E-state index in [2.05, 4.69) is 10.0 Å². The molecule has 11 heteroatoms. The van der Waals surface area contributed by atoms with E-state index in [0.717, 1.165) is 19.3 Å². The number of amides is 1. The molecule has 1 amide bonds. The second kappa shape index (κ2) is 12.0. The van der Waals surface area contributed by atoms with Gasteiger partial charge in [-0.3, -0.25) is 9.52 Å². The number of benzene rings is 3. The number of nitrogens with zero attached hydrogens (tertiary/aromatic N) is 1. The molecule has 0 bridgehead atoms. The van der Waals surface area contributed by atoms with Crippen LogP contribution in [0, 0.1) is 0 Å². The molecule has 1 aliphatic rings. The van der Waals surface area contributed by atoms with Crippen LogP contribution >= 0.6 is 0 Å². The normalized spacial score (nSPS) is 14.6. The Labute approximate surface area is 223 Å². The minimum absolute atomic E-state index is 0.0450. The molecular formula is C27H31N3O6S2. The van der Waals surface area contributed by atoms with E-state index in [-0.39, 0.29) is 10.6 Å². The summed E-state index contributed by atoms with van der Waals surface area (Å²) in [5, 5.41) is 2.73. The van der Waals surface area contributed by atoms with E-state index in [0.29, 0.717) is 47.9 Å². The van der Waals surface area contributed by atoms with Crippen molar-refractivity contribution in [3.05, 3.63) is 83.9 Å². The minimum Gasteiger partial charge on any atom is -0.494 e. The predicted molar refractivity (Wildman–Crippen MR) is 147 cm³/mol. The summed E-state index contributed by atoms with van der Waals surface area (Å²) < 4.78 is 60.2. The van der Waals surface area contributed by atoms with Gasteiger partial charge in [-0.2, -0.15) is 0 Å². The molecular weight excluding hydrogens is 526 g/mol. The first kappa shape index (κ1) is 27.6. The topological polar surface area (TPSA) is 122 Å². The maximum Gasteiger partial charge on any atom is 0.261 e. The number of ether oxygens (including phenoxy) is 1. The number of nitrogens with one attached hydrogen (secondary N) is 2. The van der Waals surface area contributed by atoms with E-state index >= 15 is 0 Å². The van der Waals surface area contributed by atoms with Crippen molar-refractivity contribution in [2.24, 2.45) is 0 Å². The molecule has 9 nitrogen and oxygen atoms in total. The van der Waals surface area contributed by atoms with Crippen molar-refractivity contribution >= 4 is 37.3 Å². The molecule has 3 aromatic carbocycles. The van der Waals surface area contributed by atoms with Crippen molar-refractivity contribution in [3.8, 4) is 5.75 Å². The number of rotatable bonds is 10. The largest absolute Gasteiger partial charge is 0.494 e. The van der Waals surface area contributed by atoms with Crippen LogP contribution in [0.1, 0.15) is 42.1 Å². The first-order valence-corrected chi connectivity index (χ1v) is 15.5. The van der Waals surface area contributed by atoms with E-state index in [1.807, 2.05) is 6.92 Å². The molecule has 0 atom stereocenters. The van der Waals surface area contributed by atoms with Crippen molar-refractivity contribution < 1.29 is 26.4 Å². The molecule has 0 unspecified atom stereocenters. The Morgan fingerprint density at radius 3 is 2.03 bits per heavy atom. The van der Waals surface area contributed by atoms with E-state index in [1.54, 1.807) is 48.5 Å². The fourth-order valence-electron chi connectivity index (χ4n) is 4.12. The molecule has 38 heavy (non-hydrogen) atoms. The molecule has 202 valence electrons. The maximum atomic E-state index is 12.7. The van der Waals surface area contributed by atoms with Crippen molar-refractivity contribution in [1.29, 1.82) is 0 Å². The second-order valence-electron chi connectivity index (χ2n) is 8.95. The Balaban J connectivity index is 1.35. The zero-order valence-corrected chi connectivity index (χ0v) is 22.7. The molecule has 1 heterocycles. The number of hydrogen-bond acceptors (Lipinski definition) is 6. The van der Waals surface area contributed by atoms with Crippen LogP contribution in [-0.2, 0) is 25.8 Å². The van der Waals surface area contributed by atoms with Crippen molar-refractivity contribution in [3.63, 3.8) is 0 Å². The molecule has 3 aromatic rings. The summed E-state index contributed by atoms with van der Waals surface area (Å²) >= 11 is 0. The highest BCUT2D eigenvalue weighted by Crippen LogP contribution is 2.22. The van der Waals surface area contributed by atoms with Gasteiger partial charge in [0.25, 0.3) is 15.9 Å². The summed E-state index contributed by atoms with van der Waals surface area (Å²) in [7, 11) is -7.21. The zero-order chi connectivity index (χ0) is 27.2. The van der Waals surface area contributed by atoms with E-state index in [9.17, 15) is 21.6 Å². The first-order chi connectivity index (χ1) is 18.2. The monoisotopic (exact) mass is 557 g/mol. The van der Waals surface area contributed by atoms with Crippen LogP contribution in [0.4, 0.5) is 11.4 Å². The van der Waals surface area contributed by atoms with Crippen LogP contribution in [0.5, 0.6) is 5.75 Å². The quantitative estimate of drug-likeness (QED) is 0.380. The molecule has 2 N–H and O–H groups in total. The molecule has 0 aliphatic carbocycles. The van der Waals surface area contributed by atoms with E-state index in [1.165, 1.54) is 28.6 Å². The Morgan fingerprint density at radius 1 is 0.816 bits per heavy atom. The molecule has 0 spiro atoms. The number of hydrogen-bond donors (Lipinski definition) is 2. The van der Waals surface area contributed by atoms with E-state index < -0.39 is 26.0 Å². The molecule has 1 fully saturated rings. The molecule has 1 saturated heterocycles. The van der Waals surface area contributed by atoms with Gasteiger partial charge in [-0.25, -0.2) is 21.1 Å². The summed E-state index contributed by atoms with van der Waals surface area (Å²) in [6, 6.07) is 18.8. The van der Waals surface area contributed by atoms with Gasteiger partial charge in [-0.15, -0.1) is 0 Å². The van der Waals surface area contributed by atoms with Crippen LogP contribution in [0.2, 0.25) is 0 Å². The summed E-state index contributed by atoms with van der Waals surface area (Å²) in [6.07, 6.45) is 2.81. The van der Waals surface area contributed by atoms with Gasteiger partial charge in [0.15, 0.2) is 0 Å². The highest BCUT2D eigenvalue weighted by atomic mass is 32.2.